The standard InChI is InChI=1S/C28H39BrN2O3/c1-9-23(26(33)30-28(6,7)8)31(17-20-12-10-11-19(2)15-20)25(32)18-34-24-14-13-21(16-22(24)29)27(3,4)5/h10-16,23H,9,17-18H2,1-8H3,(H,30,33). The van der Waals surface area contributed by atoms with Gasteiger partial charge < -0.3 is 15.0 Å². The summed E-state index contributed by atoms with van der Waals surface area (Å²) in [5.41, 5.74) is 2.88. The first kappa shape index (κ1) is 27.9. The summed E-state index contributed by atoms with van der Waals surface area (Å²) < 4.78 is 6.72. The molecule has 0 radical (unpaired) electrons. The summed E-state index contributed by atoms with van der Waals surface area (Å²) in [7, 11) is 0. The fourth-order valence-corrected chi connectivity index (χ4v) is 4.18. The summed E-state index contributed by atoms with van der Waals surface area (Å²) in [5, 5.41) is 3.02. The molecule has 2 aromatic rings. The van der Waals surface area contributed by atoms with Crippen LogP contribution in [0.4, 0.5) is 0 Å². The maximum Gasteiger partial charge on any atom is 0.261 e. The second-order valence-electron chi connectivity index (χ2n) is 10.9. The van der Waals surface area contributed by atoms with E-state index in [1.807, 2.05) is 77.1 Å². The second kappa shape index (κ2) is 11.4. The minimum atomic E-state index is -0.595. The molecular weight excluding hydrogens is 492 g/mol. The molecule has 2 amide bonds. The van der Waals surface area contributed by atoms with Crippen LogP contribution in [0.5, 0.6) is 5.75 Å². The predicted molar refractivity (Wildman–Crippen MR) is 142 cm³/mol. The fraction of sp³-hybridized carbons (Fsp3) is 0.500. The van der Waals surface area contributed by atoms with Crippen LogP contribution in [0.15, 0.2) is 46.9 Å². The summed E-state index contributed by atoms with van der Waals surface area (Å²) in [4.78, 5) is 28.2. The van der Waals surface area contributed by atoms with Crippen LogP contribution >= 0.6 is 15.9 Å². The normalized spacial score (nSPS) is 12.7. The van der Waals surface area contributed by atoms with E-state index in [-0.39, 0.29) is 23.8 Å². The average Bonchev–Trinajstić information content (AvgIpc) is 2.70. The van der Waals surface area contributed by atoms with Gasteiger partial charge in [-0.15, -0.1) is 0 Å². The van der Waals surface area contributed by atoms with E-state index >= 15 is 0 Å². The molecular formula is C28H39BrN2O3. The number of aryl methyl sites for hydroxylation is 1. The third-order valence-corrected chi connectivity index (χ3v) is 6.09. The van der Waals surface area contributed by atoms with Crippen LogP contribution in [0.3, 0.4) is 0 Å². The molecule has 34 heavy (non-hydrogen) atoms. The van der Waals surface area contributed by atoms with Crippen molar-refractivity contribution in [3.63, 3.8) is 0 Å². The smallest absolute Gasteiger partial charge is 0.261 e. The molecule has 2 aromatic carbocycles. The summed E-state index contributed by atoms with van der Waals surface area (Å²) in [5.74, 6) is 0.208. The van der Waals surface area contributed by atoms with Crippen LogP contribution in [-0.2, 0) is 21.5 Å². The summed E-state index contributed by atoms with van der Waals surface area (Å²) in [6.45, 7) is 16.4. The molecule has 0 aliphatic rings. The zero-order chi connectivity index (χ0) is 25.7. The van der Waals surface area contributed by atoms with Crippen molar-refractivity contribution < 1.29 is 14.3 Å². The molecule has 1 unspecified atom stereocenters. The van der Waals surface area contributed by atoms with Crippen LogP contribution < -0.4 is 10.1 Å². The number of carbonyl (C=O) groups is 2. The van der Waals surface area contributed by atoms with Crippen LogP contribution in [0.2, 0.25) is 0 Å². The fourth-order valence-electron chi connectivity index (χ4n) is 3.69. The Morgan fingerprint density at radius 3 is 2.26 bits per heavy atom. The first-order valence-electron chi connectivity index (χ1n) is 11.8. The molecule has 1 atom stereocenters. The van der Waals surface area contributed by atoms with Crippen LogP contribution in [0.25, 0.3) is 0 Å². The van der Waals surface area contributed by atoms with Gasteiger partial charge in [0, 0.05) is 12.1 Å². The maximum atomic E-state index is 13.4. The Kier molecular flexibility index (Phi) is 9.35. The maximum absolute atomic E-state index is 13.4. The van der Waals surface area contributed by atoms with E-state index in [1.54, 1.807) is 4.90 Å². The van der Waals surface area contributed by atoms with E-state index in [1.165, 1.54) is 5.56 Å². The largest absolute Gasteiger partial charge is 0.483 e. The average molecular weight is 532 g/mol. The van der Waals surface area contributed by atoms with Gasteiger partial charge in [0.15, 0.2) is 6.61 Å². The number of ether oxygens (including phenoxy) is 1. The number of nitrogens with zero attached hydrogens (tertiary/aromatic N) is 1. The molecule has 0 aliphatic carbocycles. The summed E-state index contributed by atoms with van der Waals surface area (Å²) in [6, 6.07) is 13.3. The van der Waals surface area contributed by atoms with Crippen molar-refractivity contribution in [3.05, 3.63) is 63.6 Å². The van der Waals surface area contributed by atoms with Crippen molar-refractivity contribution in [1.82, 2.24) is 10.2 Å². The lowest BCUT2D eigenvalue weighted by molar-refractivity contribution is -0.143. The van der Waals surface area contributed by atoms with E-state index in [9.17, 15) is 9.59 Å². The van der Waals surface area contributed by atoms with Crippen molar-refractivity contribution in [3.8, 4) is 5.75 Å². The van der Waals surface area contributed by atoms with E-state index in [2.05, 4.69) is 42.0 Å². The molecule has 0 fully saturated rings. The van der Waals surface area contributed by atoms with Crippen LogP contribution in [-0.4, -0.2) is 34.9 Å². The second-order valence-corrected chi connectivity index (χ2v) is 11.7. The SMILES string of the molecule is CCC(C(=O)NC(C)(C)C)N(Cc1cccc(C)c1)C(=O)COc1ccc(C(C)(C)C)cc1Br. The van der Waals surface area contributed by atoms with E-state index in [0.29, 0.717) is 18.7 Å². The van der Waals surface area contributed by atoms with Crippen molar-refractivity contribution in [1.29, 1.82) is 0 Å². The van der Waals surface area contributed by atoms with E-state index in [0.717, 1.165) is 15.6 Å². The molecule has 0 saturated heterocycles. The number of benzene rings is 2. The first-order chi connectivity index (χ1) is 15.7. The van der Waals surface area contributed by atoms with Gasteiger partial charge >= 0.3 is 0 Å². The number of amides is 2. The van der Waals surface area contributed by atoms with Gasteiger partial charge in [-0.05, 0) is 78.7 Å². The highest BCUT2D eigenvalue weighted by molar-refractivity contribution is 9.10. The Balaban J connectivity index is 2.27. The van der Waals surface area contributed by atoms with Crippen molar-refractivity contribution in [2.24, 2.45) is 0 Å². The third-order valence-electron chi connectivity index (χ3n) is 5.47. The Hall–Kier alpha value is -2.34. The minimum Gasteiger partial charge on any atom is -0.483 e. The summed E-state index contributed by atoms with van der Waals surface area (Å²) >= 11 is 3.57. The Bertz CT molecular complexity index is 1010. The predicted octanol–water partition coefficient (Wildman–Crippen LogP) is 6.16. The van der Waals surface area contributed by atoms with Gasteiger partial charge in [-0.2, -0.15) is 0 Å². The highest BCUT2D eigenvalue weighted by atomic mass is 79.9. The monoisotopic (exact) mass is 530 g/mol. The Labute approximate surface area is 213 Å². The lowest BCUT2D eigenvalue weighted by Crippen LogP contribution is -2.54. The molecule has 5 nitrogen and oxygen atoms in total. The highest BCUT2D eigenvalue weighted by Crippen LogP contribution is 2.31. The summed E-state index contributed by atoms with van der Waals surface area (Å²) in [6.07, 6.45) is 0.503. The molecule has 1 N–H and O–H groups in total. The minimum absolute atomic E-state index is 0.0102. The Morgan fingerprint density at radius 1 is 1.06 bits per heavy atom. The molecule has 0 aromatic heterocycles. The molecule has 2 rings (SSSR count). The molecule has 0 aliphatic heterocycles. The van der Waals surface area contributed by atoms with Gasteiger partial charge in [-0.25, -0.2) is 0 Å². The molecule has 0 spiro atoms. The Morgan fingerprint density at radius 2 is 1.74 bits per heavy atom. The van der Waals surface area contributed by atoms with E-state index < -0.39 is 11.6 Å². The number of hydrogen-bond donors (Lipinski definition) is 1. The van der Waals surface area contributed by atoms with Gasteiger partial charge in [0.1, 0.15) is 11.8 Å². The van der Waals surface area contributed by atoms with Crippen molar-refractivity contribution in [2.75, 3.05) is 6.61 Å². The van der Waals surface area contributed by atoms with Crippen molar-refractivity contribution >= 4 is 27.7 Å². The lowest BCUT2D eigenvalue weighted by atomic mass is 9.87. The quantitative estimate of drug-likeness (QED) is 0.444. The molecule has 6 heteroatoms. The van der Waals surface area contributed by atoms with Crippen molar-refractivity contribution in [2.45, 2.75) is 85.4 Å². The van der Waals surface area contributed by atoms with Gasteiger partial charge in [-0.3, -0.25) is 9.59 Å². The molecule has 0 heterocycles. The third kappa shape index (κ3) is 8.15. The van der Waals surface area contributed by atoms with Gasteiger partial charge in [0.25, 0.3) is 5.91 Å². The molecule has 186 valence electrons. The lowest BCUT2D eigenvalue weighted by Gasteiger charge is -2.33. The van der Waals surface area contributed by atoms with Crippen LogP contribution in [0, 0.1) is 6.92 Å². The van der Waals surface area contributed by atoms with Gasteiger partial charge in [0.2, 0.25) is 5.91 Å². The number of rotatable bonds is 8. The zero-order valence-electron chi connectivity index (χ0n) is 21.8. The number of hydrogen-bond acceptors (Lipinski definition) is 3. The van der Waals surface area contributed by atoms with Gasteiger partial charge in [-0.1, -0.05) is 63.6 Å². The van der Waals surface area contributed by atoms with Gasteiger partial charge in [0.05, 0.1) is 4.47 Å². The number of halogens is 1. The zero-order valence-corrected chi connectivity index (χ0v) is 23.4. The number of nitrogens with one attached hydrogen (secondary N) is 1. The first-order valence-corrected chi connectivity index (χ1v) is 12.6. The molecule has 0 saturated carbocycles. The van der Waals surface area contributed by atoms with Crippen LogP contribution in [0.1, 0.15) is 71.6 Å². The van der Waals surface area contributed by atoms with E-state index in [4.69, 9.17) is 4.74 Å². The topological polar surface area (TPSA) is 58.6 Å². The number of carbonyl (C=O) groups excluding carboxylic acids is 2. The highest BCUT2D eigenvalue weighted by Gasteiger charge is 2.31. The molecule has 0 bridgehead atoms.